The highest BCUT2D eigenvalue weighted by molar-refractivity contribution is 6.07. The third-order valence-electron chi connectivity index (χ3n) is 3.21. The summed E-state index contributed by atoms with van der Waals surface area (Å²) in [5.74, 6) is 0.309. The third-order valence-corrected chi connectivity index (χ3v) is 3.21. The van der Waals surface area contributed by atoms with Gasteiger partial charge in [-0.2, -0.15) is 0 Å². The quantitative estimate of drug-likeness (QED) is 0.824. The number of hydrogen-bond acceptors (Lipinski definition) is 2. The average molecular weight is 243 g/mol. The van der Waals surface area contributed by atoms with Crippen molar-refractivity contribution in [3.8, 4) is 0 Å². The number of aromatic amines is 1. The van der Waals surface area contributed by atoms with E-state index in [1.54, 1.807) is 0 Å². The molecule has 1 N–H and O–H groups in total. The van der Waals surface area contributed by atoms with Crippen molar-refractivity contribution in [3.05, 3.63) is 45.2 Å². The molecule has 0 bridgehead atoms. The fourth-order valence-corrected chi connectivity index (χ4v) is 2.25. The molecule has 94 valence electrons. The van der Waals surface area contributed by atoms with E-state index >= 15 is 0 Å². The molecule has 0 spiro atoms. The van der Waals surface area contributed by atoms with Crippen LogP contribution in [-0.4, -0.2) is 10.8 Å². The minimum atomic E-state index is -0.229. The van der Waals surface area contributed by atoms with Gasteiger partial charge in [0.25, 0.3) is 0 Å². The zero-order valence-corrected chi connectivity index (χ0v) is 11.1. The van der Waals surface area contributed by atoms with E-state index in [-0.39, 0.29) is 11.3 Å². The maximum Gasteiger partial charge on any atom is 0.249 e. The summed E-state index contributed by atoms with van der Waals surface area (Å²) in [7, 11) is 0. The van der Waals surface area contributed by atoms with Crippen LogP contribution in [-0.2, 0) is 0 Å². The summed E-state index contributed by atoms with van der Waals surface area (Å²) in [6, 6.07) is 5.42. The molecule has 1 heterocycles. The Labute approximate surface area is 106 Å². The Hall–Kier alpha value is -1.90. The molecule has 0 unspecified atom stereocenters. The normalized spacial score (nSPS) is 11.2. The number of carbonyl (C=O) groups excluding carboxylic acids is 1. The Kier molecular flexibility index (Phi) is 3.07. The molecule has 0 fully saturated rings. The number of rotatable bonds is 2. The molecule has 3 nitrogen and oxygen atoms in total. The minimum absolute atomic E-state index is 0.0773. The lowest BCUT2D eigenvalue weighted by Crippen LogP contribution is -2.10. The maximum absolute atomic E-state index is 11.6. The van der Waals surface area contributed by atoms with Gasteiger partial charge in [-0.05, 0) is 37.0 Å². The van der Waals surface area contributed by atoms with Crippen LogP contribution in [0.3, 0.4) is 0 Å². The molecule has 0 aliphatic heterocycles. The molecule has 2 rings (SSSR count). The first kappa shape index (κ1) is 12.6. The highest BCUT2D eigenvalue weighted by atomic mass is 16.1. The molecule has 3 heteroatoms. The van der Waals surface area contributed by atoms with Crippen molar-refractivity contribution in [2.45, 2.75) is 33.6 Å². The van der Waals surface area contributed by atoms with E-state index in [9.17, 15) is 9.59 Å². The highest BCUT2D eigenvalue weighted by Gasteiger charge is 2.12. The lowest BCUT2D eigenvalue weighted by atomic mass is 9.95. The molecule has 0 amide bonds. The van der Waals surface area contributed by atoms with E-state index in [0.29, 0.717) is 11.5 Å². The van der Waals surface area contributed by atoms with Crippen LogP contribution in [0.1, 0.15) is 48.2 Å². The van der Waals surface area contributed by atoms with Crippen molar-refractivity contribution in [2.24, 2.45) is 0 Å². The van der Waals surface area contributed by atoms with Crippen LogP contribution in [0.4, 0.5) is 0 Å². The van der Waals surface area contributed by atoms with Gasteiger partial charge in [0.05, 0.1) is 0 Å². The predicted octanol–water partition coefficient (Wildman–Crippen LogP) is 3.16. The van der Waals surface area contributed by atoms with Gasteiger partial charge in [-0.1, -0.05) is 19.9 Å². The molecule has 0 saturated heterocycles. The molecule has 0 aliphatic rings. The second kappa shape index (κ2) is 4.41. The summed E-state index contributed by atoms with van der Waals surface area (Å²) < 4.78 is 0. The first-order valence-electron chi connectivity index (χ1n) is 6.08. The zero-order valence-electron chi connectivity index (χ0n) is 11.1. The SMILES string of the molecule is CC(=O)c1cc(=O)[nH]c2cc(C(C)C)cc(C)c12. The largest absolute Gasteiger partial charge is 0.322 e. The minimum Gasteiger partial charge on any atom is -0.322 e. The first-order valence-corrected chi connectivity index (χ1v) is 6.08. The summed E-state index contributed by atoms with van der Waals surface area (Å²) in [6.07, 6.45) is 0. The third kappa shape index (κ3) is 2.08. The van der Waals surface area contributed by atoms with Gasteiger partial charge >= 0.3 is 0 Å². The number of fused-ring (bicyclic) bond motifs is 1. The van der Waals surface area contributed by atoms with Crippen molar-refractivity contribution >= 4 is 16.7 Å². The predicted molar refractivity (Wildman–Crippen MR) is 73.4 cm³/mol. The number of carbonyl (C=O) groups is 1. The molecular formula is C15H17NO2. The van der Waals surface area contributed by atoms with E-state index in [2.05, 4.69) is 24.9 Å². The summed E-state index contributed by atoms with van der Waals surface area (Å²) >= 11 is 0. The number of ketones is 1. The molecule has 0 radical (unpaired) electrons. The molecule has 0 atom stereocenters. The van der Waals surface area contributed by atoms with Gasteiger partial charge in [0, 0.05) is 22.5 Å². The fraction of sp³-hybridized carbons (Fsp3) is 0.333. The van der Waals surface area contributed by atoms with Crippen molar-refractivity contribution in [3.63, 3.8) is 0 Å². The lowest BCUT2D eigenvalue weighted by Gasteiger charge is -2.12. The van der Waals surface area contributed by atoms with Crippen molar-refractivity contribution < 1.29 is 4.79 Å². The zero-order chi connectivity index (χ0) is 13.4. The van der Waals surface area contributed by atoms with Gasteiger partial charge in [-0.25, -0.2) is 0 Å². The number of H-pyrrole nitrogens is 1. The molecule has 0 saturated carbocycles. The van der Waals surface area contributed by atoms with Crippen LogP contribution >= 0.6 is 0 Å². The molecule has 2 aromatic rings. The van der Waals surface area contributed by atoms with Gasteiger partial charge < -0.3 is 4.98 Å². The first-order chi connectivity index (χ1) is 8.40. The summed E-state index contributed by atoms with van der Waals surface area (Å²) in [6.45, 7) is 7.67. The Morgan fingerprint density at radius 3 is 2.44 bits per heavy atom. The van der Waals surface area contributed by atoms with Gasteiger partial charge in [0.15, 0.2) is 5.78 Å². The van der Waals surface area contributed by atoms with Crippen molar-refractivity contribution in [2.75, 3.05) is 0 Å². The Bertz CT molecular complexity index is 681. The van der Waals surface area contributed by atoms with Crippen LogP contribution in [0.5, 0.6) is 0 Å². The number of nitrogens with one attached hydrogen (secondary N) is 1. The topological polar surface area (TPSA) is 49.9 Å². The number of benzene rings is 1. The van der Waals surface area contributed by atoms with Crippen LogP contribution in [0.2, 0.25) is 0 Å². The van der Waals surface area contributed by atoms with E-state index in [0.717, 1.165) is 22.0 Å². The molecule has 18 heavy (non-hydrogen) atoms. The lowest BCUT2D eigenvalue weighted by molar-refractivity contribution is 0.101. The monoisotopic (exact) mass is 243 g/mol. The standard InChI is InChI=1S/C15H17NO2/c1-8(2)11-5-9(3)15-12(10(4)17)7-14(18)16-13(15)6-11/h5-8H,1-4H3,(H,16,18). The molecule has 1 aromatic heterocycles. The average Bonchev–Trinajstić information content (AvgIpc) is 2.26. The van der Waals surface area contributed by atoms with E-state index in [1.807, 2.05) is 13.0 Å². The van der Waals surface area contributed by atoms with Crippen molar-refractivity contribution in [1.82, 2.24) is 4.98 Å². The number of pyridine rings is 1. The number of aryl methyl sites for hydroxylation is 1. The molecule has 1 aromatic carbocycles. The van der Waals surface area contributed by atoms with Crippen LogP contribution in [0.15, 0.2) is 23.0 Å². The summed E-state index contributed by atoms with van der Waals surface area (Å²) in [5, 5.41) is 0.853. The fourth-order valence-electron chi connectivity index (χ4n) is 2.25. The van der Waals surface area contributed by atoms with Crippen molar-refractivity contribution in [1.29, 1.82) is 0 Å². The Morgan fingerprint density at radius 1 is 1.22 bits per heavy atom. The van der Waals surface area contributed by atoms with Gasteiger partial charge in [-0.15, -0.1) is 0 Å². The number of Topliss-reactive ketones (excluding diaryl/α,β-unsaturated/α-hetero) is 1. The maximum atomic E-state index is 11.6. The van der Waals surface area contributed by atoms with Crippen LogP contribution < -0.4 is 5.56 Å². The molecular weight excluding hydrogens is 226 g/mol. The summed E-state index contributed by atoms with van der Waals surface area (Å²) in [4.78, 5) is 26.0. The van der Waals surface area contributed by atoms with Crippen LogP contribution in [0.25, 0.3) is 10.9 Å². The Morgan fingerprint density at radius 2 is 1.89 bits per heavy atom. The van der Waals surface area contributed by atoms with Crippen LogP contribution in [0, 0.1) is 6.92 Å². The number of hydrogen-bond donors (Lipinski definition) is 1. The summed E-state index contributed by atoms with van der Waals surface area (Å²) in [5.41, 5.74) is 3.21. The van der Waals surface area contributed by atoms with Gasteiger partial charge in [0.1, 0.15) is 0 Å². The van der Waals surface area contributed by atoms with Gasteiger partial charge in [-0.3, -0.25) is 9.59 Å². The van der Waals surface area contributed by atoms with Gasteiger partial charge in [0.2, 0.25) is 5.56 Å². The van der Waals surface area contributed by atoms with E-state index in [4.69, 9.17) is 0 Å². The smallest absolute Gasteiger partial charge is 0.249 e. The van der Waals surface area contributed by atoms with E-state index < -0.39 is 0 Å². The Balaban J connectivity index is 2.91. The second-order valence-corrected chi connectivity index (χ2v) is 5.02. The second-order valence-electron chi connectivity index (χ2n) is 5.02. The highest BCUT2D eigenvalue weighted by Crippen LogP contribution is 2.25. The van der Waals surface area contributed by atoms with E-state index in [1.165, 1.54) is 13.0 Å². The number of aromatic nitrogens is 1. The molecule has 0 aliphatic carbocycles.